The molecule has 5 heteroatoms. The summed E-state index contributed by atoms with van der Waals surface area (Å²) < 4.78 is 0. The number of carbonyl (C=O) groups excluding carboxylic acids is 2. The topological polar surface area (TPSA) is 49.4 Å². The minimum absolute atomic E-state index is 0.0665. The van der Waals surface area contributed by atoms with Crippen molar-refractivity contribution in [2.45, 2.75) is 26.2 Å². The number of hydrogen-bond acceptors (Lipinski definition) is 2. The Hall–Kier alpha value is -0.770. The van der Waals surface area contributed by atoms with Crippen LogP contribution in [0.2, 0.25) is 0 Å². The van der Waals surface area contributed by atoms with Gasteiger partial charge in [0.05, 0.1) is 6.54 Å². The van der Waals surface area contributed by atoms with Crippen molar-refractivity contribution in [3.63, 3.8) is 0 Å². The lowest BCUT2D eigenvalue weighted by Crippen LogP contribution is -2.37. The fourth-order valence-corrected chi connectivity index (χ4v) is 1.14. The lowest BCUT2D eigenvalue weighted by atomic mass is 10.2. The molecule has 1 N–H and O–H groups in total. The van der Waals surface area contributed by atoms with Gasteiger partial charge in [0.1, 0.15) is 0 Å². The first-order valence-electron chi connectivity index (χ1n) is 5.18. The monoisotopic (exact) mass is 234 g/mol. The largest absolute Gasteiger partial charge is 0.347 e. The van der Waals surface area contributed by atoms with Crippen molar-refractivity contribution in [1.29, 1.82) is 0 Å². The molecule has 4 nitrogen and oxygen atoms in total. The maximum absolute atomic E-state index is 11.3. The van der Waals surface area contributed by atoms with Crippen LogP contribution >= 0.6 is 11.6 Å². The molecule has 0 radical (unpaired) electrons. The quantitative estimate of drug-likeness (QED) is 0.528. The van der Waals surface area contributed by atoms with Crippen molar-refractivity contribution < 1.29 is 9.59 Å². The average molecular weight is 235 g/mol. The average Bonchev–Trinajstić information content (AvgIpc) is 2.25. The summed E-state index contributed by atoms with van der Waals surface area (Å²) in [7, 11) is 1.71. The van der Waals surface area contributed by atoms with Gasteiger partial charge in [-0.2, -0.15) is 0 Å². The van der Waals surface area contributed by atoms with Gasteiger partial charge < -0.3 is 10.2 Å². The van der Waals surface area contributed by atoms with Crippen LogP contribution < -0.4 is 5.32 Å². The van der Waals surface area contributed by atoms with Crippen LogP contribution in [0.1, 0.15) is 26.2 Å². The summed E-state index contributed by atoms with van der Waals surface area (Å²) in [6.07, 6.45) is 2.04. The Bertz CT molecular complexity index is 210. The minimum Gasteiger partial charge on any atom is -0.347 e. The Labute approximate surface area is 96.0 Å². The van der Waals surface area contributed by atoms with E-state index in [1.54, 1.807) is 11.9 Å². The van der Waals surface area contributed by atoms with Crippen LogP contribution in [0.4, 0.5) is 0 Å². The highest BCUT2D eigenvalue weighted by molar-refractivity contribution is 6.17. The van der Waals surface area contributed by atoms with E-state index in [0.717, 1.165) is 12.8 Å². The third-order valence-corrected chi connectivity index (χ3v) is 2.39. The van der Waals surface area contributed by atoms with E-state index in [9.17, 15) is 9.59 Å². The highest BCUT2D eigenvalue weighted by Crippen LogP contribution is 1.96. The van der Waals surface area contributed by atoms with Gasteiger partial charge in [-0.05, 0) is 19.8 Å². The maximum Gasteiger partial charge on any atom is 0.241 e. The molecule has 2 amide bonds. The van der Waals surface area contributed by atoms with Crippen molar-refractivity contribution in [2.75, 3.05) is 26.0 Å². The number of rotatable bonds is 7. The predicted molar refractivity (Wildman–Crippen MR) is 60.9 cm³/mol. The third-order valence-electron chi connectivity index (χ3n) is 2.12. The molecule has 0 saturated heterocycles. The summed E-state index contributed by atoms with van der Waals surface area (Å²) >= 11 is 5.48. The molecule has 0 bridgehead atoms. The molecule has 0 aliphatic heterocycles. The molecule has 88 valence electrons. The van der Waals surface area contributed by atoms with Crippen molar-refractivity contribution in [3.8, 4) is 0 Å². The second-order valence-electron chi connectivity index (χ2n) is 3.33. The van der Waals surface area contributed by atoms with E-state index in [0.29, 0.717) is 18.8 Å². The summed E-state index contributed by atoms with van der Waals surface area (Å²) in [4.78, 5) is 24.1. The van der Waals surface area contributed by atoms with Gasteiger partial charge in [0.2, 0.25) is 11.8 Å². The zero-order chi connectivity index (χ0) is 11.7. The molecule has 0 aromatic rings. The molecule has 0 heterocycles. The van der Waals surface area contributed by atoms with Crippen LogP contribution in [0.15, 0.2) is 0 Å². The number of likely N-dealkylation sites (N-methyl/N-ethyl adjacent to an activating group) is 1. The van der Waals surface area contributed by atoms with Crippen LogP contribution in [0.25, 0.3) is 0 Å². The Morgan fingerprint density at radius 1 is 1.33 bits per heavy atom. The Balaban J connectivity index is 3.57. The molecule has 0 fully saturated rings. The molecule has 0 aliphatic carbocycles. The van der Waals surface area contributed by atoms with Gasteiger partial charge in [-0.15, -0.1) is 11.6 Å². The standard InChI is InChI=1S/C10H19ClN2O2/c1-3-13(2)10(15)8-12-9(14)6-4-5-7-11/h3-8H2,1-2H3,(H,12,14). The second kappa shape index (κ2) is 8.53. The van der Waals surface area contributed by atoms with Crippen molar-refractivity contribution in [3.05, 3.63) is 0 Å². The molecule has 0 aromatic heterocycles. The Morgan fingerprint density at radius 3 is 2.53 bits per heavy atom. The molecule has 0 rings (SSSR count). The van der Waals surface area contributed by atoms with Crippen LogP contribution in [-0.4, -0.2) is 42.7 Å². The maximum atomic E-state index is 11.3. The van der Waals surface area contributed by atoms with E-state index in [-0.39, 0.29) is 18.4 Å². The summed E-state index contributed by atoms with van der Waals surface area (Å²) in [5.41, 5.74) is 0. The van der Waals surface area contributed by atoms with Crippen LogP contribution in [0.5, 0.6) is 0 Å². The fourth-order valence-electron chi connectivity index (χ4n) is 0.954. The SMILES string of the molecule is CCN(C)C(=O)CNC(=O)CCCCCl. The highest BCUT2D eigenvalue weighted by atomic mass is 35.5. The normalized spacial score (nSPS) is 9.80. The second-order valence-corrected chi connectivity index (χ2v) is 3.71. The molecule has 0 aliphatic rings. The first kappa shape index (κ1) is 14.2. The zero-order valence-corrected chi connectivity index (χ0v) is 10.1. The number of carbonyl (C=O) groups is 2. The molecule has 0 saturated carbocycles. The summed E-state index contributed by atoms with van der Waals surface area (Å²) in [5.74, 6) is 0.422. The van der Waals surface area contributed by atoms with Gasteiger partial charge in [0.15, 0.2) is 0 Å². The van der Waals surface area contributed by atoms with Crippen LogP contribution in [0.3, 0.4) is 0 Å². The van der Waals surface area contributed by atoms with Crippen LogP contribution in [0, 0.1) is 0 Å². The van der Waals surface area contributed by atoms with E-state index in [4.69, 9.17) is 11.6 Å². The number of alkyl halides is 1. The molecular weight excluding hydrogens is 216 g/mol. The molecular formula is C10H19ClN2O2. The highest BCUT2D eigenvalue weighted by Gasteiger charge is 2.08. The number of nitrogens with one attached hydrogen (secondary N) is 1. The van der Waals surface area contributed by atoms with Crippen molar-refractivity contribution in [1.82, 2.24) is 10.2 Å². The predicted octanol–water partition coefficient (Wildman–Crippen LogP) is 0.990. The van der Waals surface area contributed by atoms with Crippen molar-refractivity contribution in [2.24, 2.45) is 0 Å². The lowest BCUT2D eigenvalue weighted by Gasteiger charge is -2.14. The molecule has 15 heavy (non-hydrogen) atoms. The van der Waals surface area contributed by atoms with Gasteiger partial charge in [0, 0.05) is 25.9 Å². The van der Waals surface area contributed by atoms with Gasteiger partial charge >= 0.3 is 0 Å². The van der Waals surface area contributed by atoms with Gasteiger partial charge in [-0.1, -0.05) is 0 Å². The minimum atomic E-state index is -0.0852. The molecule has 0 spiro atoms. The molecule has 0 atom stereocenters. The first-order chi connectivity index (χ1) is 7.11. The number of hydrogen-bond donors (Lipinski definition) is 1. The van der Waals surface area contributed by atoms with Crippen molar-refractivity contribution >= 4 is 23.4 Å². The third kappa shape index (κ3) is 7.19. The number of nitrogens with zero attached hydrogens (tertiary/aromatic N) is 1. The van der Waals surface area contributed by atoms with E-state index < -0.39 is 0 Å². The van der Waals surface area contributed by atoms with E-state index >= 15 is 0 Å². The lowest BCUT2D eigenvalue weighted by molar-refractivity contribution is -0.131. The smallest absolute Gasteiger partial charge is 0.241 e. The number of amides is 2. The fraction of sp³-hybridized carbons (Fsp3) is 0.800. The Morgan fingerprint density at radius 2 is 2.00 bits per heavy atom. The van der Waals surface area contributed by atoms with E-state index in [1.165, 1.54) is 0 Å². The van der Waals surface area contributed by atoms with E-state index in [1.807, 2.05) is 6.92 Å². The van der Waals surface area contributed by atoms with Gasteiger partial charge in [-0.25, -0.2) is 0 Å². The molecule has 0 unspecified atom stereocenters. The van der Waals surface area contributed by atoms with Gasteiger partial charge in [-0.3, -0.25) is 9.59 Å². The van der Waals surface area contributed by atoms with Crippen LogP contribution in [-0.2, 0) is 9.59 Å². The molecule has 0 aromatic carbocycles. The zero-order valence-electron chi connectivity index (χ0n) is 9.38. The number of unbranched alkanes of at least 4 members (excludes halogenated alkanes) is 1. The number of halogens is 1. The summed E-state index contributed by atoms with van der Waals surface area (Å²) in [6.45, 7) is 2.63. The first-order valence-corrected chi connectivity index (χ1v) is 5.71. The Kier molecular flexibility index (Phi) is 8.09. The summed E-state index contributed by atoms with van der Waals surface area (Å²) in [5, 5.41) is 2.58. The van der Waals surface area contributed by atoms with Gasteiger partial charge in [0.25, 0.3) is 0 Å². The van der Waals surface area contributed by atoms with E-state index in [2.05, 4.69) is 5.32 Å². The summed E-state index contributed by atoms with van der Waals surface area (Å²) in [6, 6.07) is 0.